The zero-order valence-electron chi connectivity index (χ0n) is 16.6. The Morgan fingerprint density at radius 1 is 0.781 bits per heavy atom. The van der Waals surface area contributed by atoms with Gasteiger partial charge >= 0.3 is 6.03 Å². The van der Waals surface area contributed by atoms with Crippen molar-refractivity contribution in [3.63, 3.8) is 0 Å². The second-order valence-electron chi connectivity index (χ2n) is 6.56. The molecule has 0 saturated heterocycles. The molecule has 5 nitrogen and oxygen atoms in total. The van der Waals surface area contributed by atoms with Gasteiger partial charge in [-0.25, -0.2) is 22.4 Å². The van der Waals surface area contributed by atoms with Gasteiger partial charge in [-0.05, 0) is 43.3 Å². The minimum atomic E-state index is -1.68. The number of anilines is 3. The van der Waals surface area contributed by atoms with E-state index in [1.54, 1.807) is 48.5 Å². The summed E-state index contributed by atoms with van der Waals surface area (Å²) < 4.78 is 54.1. The van der Waals surface area contributed by atoms with Gasteiger partial charge in [0.25, 0.3) is 0 Å². The molecule has 166 valence electrons. The van der Waals surface area contributed by atoms with E-state index in [0.29, 0.717) is 16.3 Å². The number of benzene rings is 3. The minimum absolute atomic E-state index is 0.0637. The molecular weight excluding hydrogens is 446 g/mol. The molecule has 10 heteroatoms. The Hall–Kier alpha value is -3.53. The molecule has 0 radical (unpaired) electrons. The first kappa shape index (κ1) is 23.1. The first-order valence-corrected chi connectivity index (χ1v) is 10.2. The van der Waals surface area contributed by atoms with Crippen LogP contribution in [-0.2, 0) is 4.79 Å². The maximum Gasteiger partial charge on any atom is 0.323 e. The van der Waals surface area contributed by atoms with Crippen LogP contribution in [0.25, 0.3) is 0 Å². The van der Waals surface area contributed by atoms with Crippen LogP contribution in [0.4, 0.5) is 39.4 Å². The molecular formula is C22H17F4N3O2S. The molecule has 0 aromatic heterocycles. The van der Waals surface area contributed by atoms with Crippen LogP contribution in [0.1, 0.15) is 6.92 Å². The summed E-state index contributed by atoms with van der Waals surface area (Å²) in [5, 5.41) is 6.36. The van der Waals surface area contributed by atoms with Crippen molar-refractivity contribution in [2.45, 2.75) is 17.1 Å². The highest BCUT2D eigenvalue weighted by atomic mass is 32.2. The molecule has 3 N–H and O–H groups in total. The molecule has 0 spiro atoms. The zero-order valence-corrected chi connectivity index (χ0v) is 17.4. The van der Waals surface area contributed by atoms with Crippen LogP contribution in [0.2, 0.25) is 0 Å². The molecule has 3 aromatic rings. The third-order valence-electron chi connectivity index (χ3n) is 4.19. The highest BCUT2D eigenvalue weighted by molar-refractivity contribution is 8.00. The van der Waals surface area contributed by atoms with Crippen molar-refractivity contribution in [3.8, 4) is 0 Å². The fraction of sp³-hybridized carbons (Fsp3) is 0.0909. The molecule has 32 heavy (non-hydrogen) atoms. The van der Waals surface area contributed by atoms with E-state index in [-0.39, 0.29) is 6.07 Å². The summed E-state index contributed by atoms with van der Waals surface area (Å²) in [6, 6.07) is 15.0. The van der Waals surface area contributed by atoms with Crippen LogP contribution in [-0.4, -0.2) is 17.2 Å². The summed E-state index contributed by atoms with van der Waals surface area (Å²) in [6.07, 6.45) is 0. The third-order valence-corrected chi connectivity index (χ3v) is 5.30. The lowest BCUT2D eigenvalue weighted by Gasteiger charge is -2.14. The van der Waals surface area contributed by atoms with Gasteiger partial charge in [0.2, 0.25) is 5.91 Å². The molecule has 3 aromatic carbocycles. The molecule has 0 bridgehead atoms. The van der Waals surface area contributed by atoms with Crippen LogP contribution in [0.5, 0.6) is 0 Å². The fourth-order valence-electron chi connectivity index (χ4n) is 2.60. The number of para-hydroxylation sites is 1. The van der Waals surface area contributed by atoms with Crippen molar-refractivity contribution in [2.24, 2.45) is 0 Å². The summed E-state index contributed by atoms with van der Waals surface area (Å²) >= 11 is 1.05. The summed E-state index contributed by atoms with van der Waals surface area (Å²) in [5.74, 6) is -7.43. The van der Waals surface area contributed by atoms with E-state index < -0.39 is 46.1 Å². The molecule has 0 aliphatic heterocycles. The van der Waals surface area contributed by atoms with Gasteiger partial charge < -0.3 is 16.0 Å². The average molecular weight is 463 g/mol. The van der Waals surface area contributed by atoms with Crippen molar-refractivity contribution in [3.05, 3.63) is 83.9 Å². The van der Waals surface area contributed by atoms with E-state index in [0.717, 1.165) is 11.8 Å². The second-order valence-corrected chi connectivity index (χ2v) is 7.98. The maximum absolute atomic E-state index is 13.7. The van der Waals surface area contributed by atoms with E-state index in [4.69, 9.17) is 0 Å². The highest BCUT2D eigenvalue weighted by Crippen LogP contribution is 2.28. The lowest BCUT2D eigenvalue weighted by molar-refractivity contribution is -0.115. The Bertz CT molecular complexity index is 1100. The maximum atomic E-state index is 13.7. The van der Waals surface area contributed by atoms with Gasteiger partial charge in [0.15, 0.2) is 23.3 Å². The van der Waals surface area contributed by atoms with Crippen molar-refractivity contribution >= 4 is 40.8 Å². The van der Waals surface area contributed by atoms with E-state index in [1.807, 2.05) is 11.4 Å². The molecule has 0 heterocycles. The largest absolute Gasteiger partial charge is 0.323 e. The topological polar surface area (TPSA) is 70.2 Å². The summed E-state index contributed by atoms with van der Waals surface area (Å²) in [7, 11) is 0. The number of hydrogen-bond donors (Lipinski definition) is 3. The second kappa shape index (κ2) is 10.2. The van der Waals surface area contributed by atoms with Crippen molar-refractivity contribution in [1.82, 2.24) is 0 Å². The summed E-state index contributed by atoms with van der Waals surface area (Å²) in [6.45, 7) is 1.46. The van der Waals surface area contributed by atoms with Crippen LogP contribution in [0.15, 0.2) is 65.6 Å². The molecule has 0 fully saturated rings. The van der Waals surface area contributed by atoms with E-state index >= 15 is 0 Å². The van der Waals surface area contributed by atoms with Gasteiger partial charge in [0.1, 0.15) is 5.69 Å². The standard InChI is InChI=1S/C22H17F4N3O2S/c1-12(21(30)29-20-18(25)16(23)11-17(24)19(20)26)32-15-9-7-14(8-10-15)28-22(31)27-13-5-3-2-4-6-13/h2-12H,1H3,(H,29,30)(H2,27,28,31). The van der Waals surface area contributed by atoms with Crippen LogP contribution >= 0.6 is 11.8 Å². The summed E-state index contributed by atoms with van der Waals surface area (Å²) in [5.41, 5.74) is -0.0498. The zero-order chi connectivity index (χ0) is 23.3. The monoisotopic (exact) mass is 463 g/mol. The smallest absolute Gasteiger partial charge is 0.320 e. The summed E-state index contributed by atoms with van der Waals surface area (Å²) in [4.78, 5) is 24.9. The van der Waals surface area contributed by atoms with Gasteiger partial charge in [0, 0.05) is 22.3 Å². The van der Waals surface area contributed by atoms with E-state index in [1.165, 1.54) is 6.92 Å². The van der Waals surface area contributed by atoms with Gasteiger partial charge in [-0.3, -0.25) is 4.79 Å². The number of carbonyl (C=O) groups is 2. The van der Waals surface area contributed by atoms with Crippen LogP contribution in [0, 0.1) is 23.3 Å². The number of thioether (sulfide) groups is 1. The predicted octanol–water partition coefficient (Wildman–Crippen LogP) is 6.01. The first-order chi connectivity index (χ1) is 15.2. The Balaban J connectivity index is 1.58. The molecule has 0 saturated carbocycles. The number of carbonyl (C=O) groups excluding carboxylic acids is 2. The third kappa shape index (κ3) is 5.79. The van der Waals surface area contributed by atoms with E-state index in [2.05, 4.69) is 10.6 Å². The lowest BCUT2D eigenvalue weighted by atomic mass is 10.2. The fourth-order valence-corrected chi connectivity index (χ4v) is 3.46. The number of rotatable bonds is 6. The van der Waals surface area contributed by atoms with Crippen LogP contribution < -0.4 is 16.0 Å². The molecule has 1 unspecified atom stereocenters. The number of nitrogens with one attached hydrogen (secondary N) is 3. The molecule has 0 aliphatic rings. The van der Waals surface area contributed by atoms with Crippen molar-refractivity contribution in [2.75, 3.05) is 16.0 Å². The van der Waals surface area contributed by atoms with E-state index in [9.17, 15) is 27.2 Å². The minimum Gasteiger partial charge on any atom is -0.320 e. The molecule has 3 rings (SSSR count). The number of amides is 3. The molecule has 3 amide bonds. The van der Waals surface area contributed by atoms with Gasteiger partial charge in [0.05, 0.1) is 5.25 Å². The predicted molar refractivity (Wildman–Crippen MR) is 116 cm³/mol. The Labute approximate surface area is 185 Å². The van der Waals surface area contributed by atoms with Gasteiger partial charge in [-0.2, -0.15) is 0 Å². The quantitative estimate of drug-likeness (QED) is 0.238. The van der Waals surface area contributed by atoms with Crippen LogP contribution in [0.3, 0.4) is 0 Å². The van der Waals surface area contributed by atoms with Crippen molar-refractivity contribution in [1.29, 1.82) is 0 Å². The highest BCUT2D eigenvalue weighted by Gasteiger charge is 2.23. The number of hydrogen-bond acceptors (Lipinski definition) is 3. The average Bonchev–Trinajstić information content (AvgIpc) is 2.77. The molecule has 1 atom stereocenters. The SMILES string of the molecule is CC(Sc1ccc(NC(=O)Nc2ccccc2)cc1)C(=O)Nc1c(F)c(F)cc(F)c1F. The van der Waals surface area contributed by atoms with Crippen molar-refractivity contribution < 1.29 is 27.2 Å². The molecule has 0 aliphatic carbocycles. The normalized spacial score (nSPS) is 11.5. The Morgan fingerprint density at radius 2 is 1.31 bits per heavy atom. The first-order valence-electron chi connectivity index (χ1n) is 9.28. The van der Waals surface area contributed by atoms with Gasteiger partial charge in [-0.15, -0.1) is 11.8 Å². The lowest BCUT2D eigenvalue weighted by Crippen LogP contribution is -2.24. The Morgan fingerprint density at radius 3 is 1.88 bits per heavy atom. The number of halogens is 4. The number of urea groups is 1. The Kier molecular flexibility index (Phi) is 7.37. The van der Waals surface area contributed by atoms with Gasteiger partial charge in [-0.1, -0.05) is 18.2 Å².